The fourth-order valence-electron chi connectivity index (χ4n) is 2.69. The van der Waals surface area contributed by atoms with Crippen LogP contribution in [-0.2, 0) is 14.3 Å². The van der Waals surface area contributed by atoms with Crippen LogP contribution < -0.4 is 9.64 Å². The van der Waals surface area contributed by atoms with Gasteiger partial charge in [-0.15, -0.1) is 0 Å². The van der Waals surface area contributed by atoms with E-state index in [2.05, 4.69) is 0 Å². The van der Waals surface area contributed by atoms with Crippen molar-refractivity contribution in [2.45, 2.75) is 12.8 Å². The number of carbonyl (C=O) groups is 3. The van der Waals surface area contributed by atoms with Crippen molar-refractivity contribution in [3.05, 3.63) is 59.1 Å². The van der Waals surface area contributed by atoms with Crippen LogP contribution in [0.1, 0.15) is 23.2 Å². The fraction of sp³-hybridized carbons (Fsp3) is 0.250. The lowest BCUT2D eigenvalue weighted by atomic mass is 10.1. The van der Waals surface area contributed by atoms with Crippen LogP contribution in [-0.4, -0.2) is 37.4 Å². The van der Waals surface area contributed by atoms with Crippen LogP contribution in [0.25, 0.3) is 0 Å². The zero-order chi connectivity index (χ0) is 19.2. The number of anilines is 1. The van der Waals surface area contributed by atoms with Gasteiger partial charge in [-0.05, 0) is 55.0 Å². The summed E-state index contributed by atoms with van der Waals surface area (Å²) in [7, 11) is 0. The first-order valence-electron chi connectivity index (χ1n) is 8.50. The van der Waals surface area contributed by atoms with Gasteiger partial charge in [-0.25, -0.2) is 4.79 Å². The molecule has 7 heteroatoms. The average Bonchev–Trinajstić information content (AvgIpc) is 3.11. The highest BCUT2D eigenvalue weighted by atomic mass is 35.5. The molecule has 140 valence electrons. The quantitative estimate of drug-likeness (QED) is 0.538. The van der Waals surface area contributed by atoms with E-state index < -0.39 is 5.97 Å². The van der Waals surface area contributed by atoms with Crippen LogP contribution in [0.15, 0.2) is 48.5 Å². The van der Waals surface area contributed by atoms with E-state index in [0.717, 1.165) is 12.1 Å². The van der Waals surface area contributed by atoms with Crippen molar-refractivity contribution in [1.82, 2.24) is 0 Å². The lowest BCUT2D eigenvalue weighted by Gasteiger charge is -2.15. The van der Waals surface area contributed by atoms with Gasteiger partial charge >= 0.3 is 5.97 Å². The molecular formula is C20H18ClNO5. The van der Waals surface area contributed by atoms with E-state index in [0.29, 0.717) is 29.3 Å². The minimum atomic E-state index is -0.641. The van der Waals surface area contributed by atoms with Crippen molar-refractivity contribution in [3.8, 4) is 5.75 Å². The van der Waals surface area contributed by atoms with Crippen LogP contribution >= 0.6 is 11.6 Å². The summed E-state index contributed by atoms with van der Waals surface area (Å²) >= 11 is 5.77. The normalized spacial score (nSPS) is 13.5. The number of carbonyl (C=O) groups excluding carboxylic acids is 3. The number of esters is 1. The standard InChI is InChI=1S/C20H18ClNO5/c21-15-5-9-17(10-6-15)26-13-20(25)27-12-18(23)14-3-7-16(8-4-14)22-11-1-2-19(22)24/h3-10H,1-2,11-13H2. The minimum absolute atomic E-state index is 0.0868. The van der Waals surface area contributed by atoms with Crippen LogP contribution in [0.4, 0.5) is 5.69 Å². The molecule has 27 heavy (non-hydrogen) atoms. The zero-order valence-electron chi connectivity index (χ0n) is 14.5. The first-order chi connectivity index (χ1) is 13.0. The molecule has 3 rings (SSSR count). The third kappa shape index (κ3) is 5.08. The van der Waals surface area contributed by atoms with Gasteiger partial charge in [0.05, 0.1) is 0 Å². The van der Waals surface area contributed by atoms with Crippen molar-refractivity contribution in [1.29, 1.82) is 0 Å². The predicted molar refractivity (Wildman–Crippen MR) is 100 cm³/mol. The number of nitrogens with zero attached hydrogens (tertiary/aromatic N) is 1. The molecule has 1 heterocycles. The Morgan fingerprint density at radius 3 is 2.33 bits per heavy atom. The second-order valence-corrected chi connectivity index (χ2v) is 6.46. The Balaban J connectivity index is 1.46. The summed E-state index contributed by atoms with van der Waals surface area (Å²) in [5, 5.41) is 0.565. The first-order valence-corrected chi connectivity index (χ1v) is 8.88. The number of hydrogen-bond acceptors (Lipinski definition) is 5. The van der Waals surface area contributed by atoms with Crippen LogP contribution in [0.2, 0.25) is 5.02 Å². The molecule has 1 aliphatic heterocycles. The number of amides is 1. The summed E-state index contributed by atoms with van der Waals surface area (Å²) < 4.78 is 10.2. The maximum absolute atomic E-state index is 12.1. The van der Waals surface area contributed by atoms with Gasteiger partial charge in [-0.3, -0.25) is 9.59 Å². The Morgan fingerprint density at radius 2 is 1.70 bits per heavy atom. The second kappa shape index (κ2) is 8.68. The lowest BCUT2D eigenvalue weighted by molar-refractivity contribution is -0.144. The molecule has 2 aromatic carbocycles. The van der Waals surface area contributed by atoms with Gasteiger partial charge in [0, 0.05) is 29.2 Å². The van der Waals surface area contributed by atoms with E-state index in [9.17, 15) is 14.4 Å². The number of Topliss-reactive ketones (excluding diaryl/α,β-unsaturated/α-hetero) is 1. The summed E-state index contributed by atoms with van der Waals surface area (Å²) in [4.78, 5) is 37.3. The molecule has 1 amide bonds. The molecule has 1 fully saturated rings. The van der Waals surface area contributed by atoms with E-state index in [1.807, 2.05) is 0 Å². The lowest BCUT2D eigenvalue weighted by Crippen LogP contribution is -2.23. The van der Waals surface area contributed by atoms with E-state index in [4.69, 9.17) is 21.1 Å². The molecule has 0 saturated carbocycles. The van der Waals surface area contributed by atoms with E-state index in [1.165, 1.54) is 0 Å². The average molecular weight is 388 g/mol. The maximum Gasteiger partial charge on any atom is 0.344 e. The molecule has 0 bridgehead atoms. The molecule has 1 aliphatic rings. The van der Waals surface area contributed by atoms with Crippen LogP contribution in [0.3, 0.4) is 0 Å². The SMILES string of the molecule is O=C(COc1ccc(Cl)cc1)OCC(=O)c1ccc(N2CCCC2=O)cc1. The fourth-order valence-corrected chi connectivity index (χ4v) is 2.82. The van der Waals surface area contributed by atoms with E-state index in [1.54, 1.807) is 53.4 Å². The van der Waals surface area contributed by atoms with Crippen LogP contribution in [0, 0.1) is 0 Å². The highest BCUT2D eigenvalue weighted by Gasteiger charge is 2.21. The number of ketones is 1. The smallest absolute Gasteiger partial charge is 0.344 e. The highest BCUT2D eigenvalue weighted by molar-refractivity contribution is 6.30. The van der Waals surface area contributed by atoms with Gasteiger partial charge in [-0.2, -0.15) is 0 Å². The van der Waals surface area contributed by atoms with Gasteiger partial charge in [0.2, 0.25) is 5.91 Å². The Labute approximate surface area is 161 Å². The maximum atomic E-state index is 12.1. The van der Waals surface area contributed by atoms with Gasteiger partial charge in [0.15, 0.2) is 19.0 Å². The molecule has 0 aliphatic carbocycles. The summed E-state index contributed by atoms with van der Waals surface area (Å²) in [6.45, 7) is 0.0209. The molecule has 2 aromatic rings. The highest BCUT2D eigenvalue weighted by Crippen LogP contribution is 2.21. The van der Waals surface area contributed by atoms with Crippen molar-refractivity contribution >= 4 is 34.9 Å². The number of halogens is 1. The van der Waals surface area contributed by atoms with Crippen molar-refractivity contribution in [2.24, 2.45) is 0 Å². The minimum Gasteiger partial charge on any atom is -0.482 e. The third-order valence-electron chi connectivity index (χ3n) is 4.11. The van der Waals surface area contributed by atoms with Crippen molar-refractivity contribution in [3.63, 3.8) is 0 Å². The Morgan fingerprint density at radius 1 is 1.00 bits per heavy atom. The molecule has 0 radical (unpaired) electrons. The summed E-state index contributed by atoms with van der Waals surface area (Å²) in [5.74, 6) is -0.398. The molecule has 1 saturated heterocycles. The van der Waals surface area contributed by atoms with Crippen molar-refractivity contribution in [2.75, 3.05) is 24.7 Å². The van der Waals surface area contributed by atoms with Gasteiger partial charge in [-0.1, -0.05) is 11.6 Å². The van der Waals surface area contributed by atoms with Gasteiger partial charge in [0.1, 0.15) is 5.75 Å². The number of hydrogen-bond donors (Lipinski definition) is 0. The zero-order valence-corrected chi connectivity index (χ0v) is 15.3. The summed E-state index contributed by atoms with van der Waals surface area (Å²) in [6.07, 6.45) is 1.39. The number of benzene rings is 2. The third-order valence-corrected chi connectivity index (χ3v) is 4.36. The van der Waals surface area contributed by atoms with E-state index in [-0.39, 0.29) is 24.9 Å². The van der Waals surface area contributed by atoms with E-state index >= 15 is 0 Å². The summed E-state index contributed by atoms with van der Waals surface area (Å²) in [5.41, 5.74) is 1.18. The van der Waals surface area contributed by atoms with Gasteiger partial charge in [0.25, 0.3) is 0 Å². The Hall–Kier alpha value is -2.86. The van der Waals surface area contributed by atoms with Crippen LogP contribution in [0.5, 0.6) is 5.75 Å². The molecule has 0 aromatic heterocycles. The van der Waals surface area contributed by atoms with Crippen molar-refractivity contribution < 1.29 is 23.9 Å². The molecule has 6 nitrogen and oxygen atoms in total. The molecule has 0 unspecified atom stereocenters. The molecule has 0 spiro atoms. The van der Waals surface area contributed by atoms with Gasteiger partial charge < -0.3 is 14.4 Å². The number of ether oxygens (including phenoxy) is 2. The Bertz CT molecular complexity index is 832. The first kappa shape index (κ1) is 18.9. The molecule has 0 atom stereocenters. The topological polar surface area (TPSA) is 72.9 Å². The molecule has 0 N–H and O–H groups in total. The number of rotatable bonds is 7. The molecular weight excluding hydrogens is 370 g/mol. The monoisotopic (exact) mass is 387 g/mol. The predicted octanol–water partition coefficient (Wildman–Crippen LogP) is 3.27. The summed E-state index contributed by atoms with van der Waals surface area (Å²) in [6, 6.07) is 13.3. The second-order valence-electron chi connectivity index (χ2n) is 6.02. The largest absolute Gasteiger partial charge is 0.482 e. The Kier molecular flexibility index (Phi) is 6.08.